The van der Waals surface area contributed by atoms with Crippen molar-refractivity contribution < 1.29 is 14.5 Å². The number of hydrogen-bond acceptors (Lipinski definition) is 4. The molecule has 92 valence electrons. The maximum Gasteiger partial charge on any atom is 0.345 e. The van der Waals surface area contributed by atoms with Crippen LogP contribution in [0.1, 0.15) is 22.8 Å². The fraction of sp³-hybridized carbons (Fsp3) is 0.300. The van der Waals surface area contributed by atoms with Crippen LogP contribution in [0, 0.1) is 10.1 Å². The second kappa shape index (κ2) is 5.97. The Hall–Kier alpha value is -1.14. The van der Waals surface area contributed by atoms with Crippen LogP contribution in [0.15, 0.2) is 12.1 Å². The van der Waals surface area contributed by atoms with Gasteiger partial charge in [-0.2, -0.15) is 0 Å². The molecule has 0 unspecified atom stereocenters. The van der Waals surface area contributed by atoms with Crippen molar-refractivity contribution in [2.45, 2.75) is 12.3 Å². The molecule has 1 rings (SSSR count). The summed E-state index contributed by atoms with van der Waals surface area (Å²) in [6.45, 7) is 1.77. The standard InChI is InChI=1S/C10H9BrClNO4/c1-2-17-10(14)7-3-6(5-11)4-8(12)9(7)13(15)16/h3-4H,2,5H2,1H3. The number of alkyl halides is 1. The molecular formula is C10H9BrClNO4. The predicted molar refractivity (Wildman–Crippen MR) is 66.7 cm³/mol. The van der Waals surface area contributed by atoms with Gasteiger partial charge in [0.25, 0.3) is 0 Å². The van der Waals surface area contributed by atoms with Crippen molar-refractivity contribution >= 4 is 39.2 Å². The monoisotopic (exact) mass is 321 g/mol. The van der Waals surface area contributed by atoms with E-state index in [1.807, 2.05) is 0 Å². The Labute approximate surface area is 111 Å². The first-order valence-corrected chi connectivity index (χ1v) is 6.21. The molecule has 17 heavy (non-hydrogen) atoms. The number of rotatable bonds is 4. The van der Waals surface area contributed by atoms with E-state index in [1.54, 1.807) is 6.92 Å². The second-order valence-corrected chi connectivity index (χ2v) is 4.05. The lowest BCUT2D eigenvalue weighted by molar-refractivity contribution is -0.385. The van der Waals surface area contributed by atoms with Crippen LogP contribution in [0.2, 0.25) is 5.02 Å². The predicted octanol–water partition coefficient (Wildman–Crippen LogP) is 3.32. The van der Waals surface area contributed by atoms with Gasteiger partial charge in [-0.05, 0) is 24.6 Å². The highest BCUT2D eigenvalue weighted by Gasteiger charge is 2.25. The van der Waals surface area contributed by atoms with Gasteiger partial charge < -0.3 is 4.74 Å². The number of nitrogens with zero attached hydrogens (tertiary/aromatic N) is 1. The molecule has 0 bridgehead atoms. The third-order valence-electron chi connectivity index (χ3n) is 1.96. The largest absolute Gasteiger partial charge is 0.462 e. The molecule has 0 amide bonds. The molecule has 0 atom stereocenters. The number of benzene rings is 1. The van der Waals surface area contributed by atoms with E-state index in [-0.39, 0.29) is 17.2 Å². The van der Waals surface area contributed by atoms with Crippen molar-refractivity contribution in [1.29, 1.82) is 0 Å². The lowest BCUT2D eigenvalue weighted by Gasteiger charge is -2.06. The molecule has 0 fully saturated rings. The molecule has 0 spiro atoms. The van der Waals surface area contributed by atoms with Crippen molar-refractivity contribution in [3.8, 4) is 0 Å². The fourth-order valence-corrected chi connectivity index (χ4v) is 1.92. The molecule has 0 aliphatic carbocycles. The Kier molecular flexibility index (Phi) is 4.89. The highest BCUT2D eigenvalue weighted by Crippen LogP contribution is 2.31. The van der Waals surface area contributed by atoms with Gasteiger partial charge in [0.1, 0.15) is 10.6 Å². The maximum atomic E-state index is 11.6. The molecule has 7 heteroatoms. The van der Waals surface area contributed by atoms with Gasteiger partial charge in [-0.3, -0.25) is 10.1 Å². The first-order chi connectivity index (χ1) is 8.01. The average Bonchev–Trinajstić information content (AvgIpc) is 2.27. The zero-order valence-corrected chi connectivity index (χ0v) is 11.2. The van der Waals surface area contributed by atoms with E-state index in [1.165, 1.54) is 12.1 Å². The van der Waals surface area contributed by atoms with E-state index in [0.717, 1.165) is 0 Å². The topological polar surface area (TPSA) is 69.4 Å². The second-order valence-electron chi connectivity index (χ2n) is 3.09. The maximum absolute atomic E-state index is 11.6. The van der Waals surface area contributed by atoms with Crippen molar-refractivity contribution in [2.24, 2.45) is 0 Å². The van der Waals surface area contributed by atoms with Gasteiger partial charge in [0, 0.05) is 5.33 Å². The lowest BCUT2D eigenvalue weighted by atomic mass is 10.1. The highest BCUT2D eigenvalue weighted by atomic mass is 79.9. The molecule has 0 saturated heterocycles. The Morgan fingerprint density at radius 3 is 2.71 bits per heavy atom. The van der Waals surface area contributed by atoms with Gasteiger partial charge in [0.2, 0.25) is 0 Å². The van der Waals surface area contributed by atoms with Gasteiger partial charge in [-0.25, -0.2) is 4.79 Å². The van der Waals surface area contributed by atoms with Gasteiger partial charge in [-0.15, -0.1) is 0 Å². The molecule has 1 aromatic carbocycles. The minimum absolute atomic E-state index is 0.0741. The minimum atomic E-state index is -0.746. The first-order valence-electron chi connectivity index (χ1n) is 4.71. The van der Waals surface area contributed by atoms with Gasteiger partial charge in [-0.1, -0.05) is 27.5 Å². The van der Waals surface area contributed by atoms with Crippen molar-refractivity contribution in [3.63, 3.8) is 0 Å². The van der Waals surface area contributed by atoms with Gasteiger partial charge >= 0.3 is 11.7 Å². The van der Waals surface area contributed by atoms with Crippen LogP contribution in [-0.2, 0) is 10.1 Å². The molecule has 5 nitrogen and oxygen atoms in total. The van der Waals surface area contributed by atoms with E-state index < -0.39 is 16.6 Å². The SMILES string of the molecule is CCOC(=O)c1cc(CBr)cc(Cl)c1[N+](=O)[O-]. The molecule has 0 aromatic heterocycles. The quantitative estimate of drug-likeness (QED) is 0.369. The summed E-state index contributed by atoms with van der Waals surface area (Å²) < 4.78 is 4.76. The first kappa shape index (κ1) is 13.9. The molecule has 0 saturated carbocycles. The average molecular weight is 323 g/mol. The molecule has 0 radical (unpaired) electrons. The summed E-state index contributed by atoms with van der Waals surface area (Å²) in [5.74, 6) is -0.746. The zero-order valence-electron chi connectivity index (χ0n) is 8.91. The number of hydrogen-bond donors (Lipinski definition) is 0. The summed E-state index contributed by atoms with van der Waals surface area (Å²) in [4.78, 5) is 21.8. The number of ether oxygens (including phenoxy) is 1. The molecular weight excluding hydrogens is 313 g/mol. The summed E-state index contributed by atoms with van der Waals surface area (Å²) in [5.41, 5.74) is 0.122. The van der Waals surface area contributed by atoms with Crippen LogP contribution < -0.4 is 0 Å². The molecule has 0 N–H and O–H groups in total. The summed E-state index contributed by atoms with van der Waals surface area (Å²) in [7, 11) is 0. The molecule has 0 aliphatic rings. The normalized spacial score (nSPS) is 10.1. The number of carbonyl (C=O) groups is 1. The Bertz CT molecular complexity index is 464. The van der Waals surface area contributed by atoms with Crippen LogP contribution in [-0.4, -0.2) is 17.5 Å². The number of carbonyl (C=O) groups excluding carboxylic acids is 1. The Morgan fingerprint density at radius 1 is 1.59 bits per heavy atom. The summed E-state index contributed by atoms with van der Waals surface area (Å²) in [6.07, 6.45) is 0. The van der Waals surface area contributed by atoms with E-state index in [4.69, 9.17) is 16.3 Å². The molecule has 0 heterocycles. The van der Waals surface area contributed by atoms with Crippen LogP contribution in [0.3, 0.4) is 0 Å². The van der Waals surface area contributed by atoms with E-state index in [0.29, 0.717) is 10.9 Å². The van der Waals surface area contributed by atoms with Gasteiger partial charge in [0.05, 0.1) is 11.5 Å². The fourth-order valence-electron chi connectivity index (χ4n) is 1.28. The smallest absolute Gasteiger partial charge is 0.345 e. The minimum Gasteiger partial charge on any atom is -0.462 e. The number of nitro benzene ring substituents is 1. The summed E-state index contributed by atoms with van der Waals surface area (Å²) in [6, 6.07) is 2.84. The van der Waals surface area contributed by atoms with Crippen LogP contribution >= 0.6 is 27.5 Å². The van der Waals surface area contributed by atoms with Crippen molar-refractivity contribution in [2.75, 3.05) is 6.61 Å². The number of esters is 1. The number of halogens is 2. The Balaban J connectivity index is 3.37. The van der Waals surface area contributed by atoms with Crippen molar-refractivity contribution in [1.82, 2.24) is 0 Å². The lowest BCUT2D eigenvalue weighted by Crippen LogP contribution is -2.09. The molecule has 0 aliphatic heterocycles. The van der Waals surface area contributed by atoms with Crippen molar-refractivity contribution in [3.05, 3.63) is 38.4 Å². The third-order valence-corrected chi connectivity index (χ3v) is 2.89. The van der Waals surface area contributed by atoms with Crippen LogP contribution in [0.25, 0.3) is 0 Å². The van der Waals surface area contributed by atoms with E-state index in [9.17, 15) is 14.9 Å². The van der Waals surface area contributed by atoms with Crippen LogP contribution in [0.4, 0.5) is 5.69 Å². The zero-order chi connectivity index (χ0) is 13.0. The highest BCUT2D eigenvalue weighted by molar-refractivity contribution is 9.08. The third kappa shape index (κ3) is 3.17. The van der Waals surface area contributed by atoms with Crippen LogP contribution in [0.5, 0.6) is 0 Å². The van der Waals surface area contributed by atoms with E-state index in [2.05, 4.69) is 15.9 Å². The van der Waals surface area contributed by atoms with Gasteiger partial charge in [0.15, 0.2) is 0 Å². The Morgan fingerprint density at radius 2 is 2.24 bits per heavy atom. The van der Waals surface area contributed by atoms with E-state index >= 15 is 0 Å². The molecule has 1 aromatic rings. The number of nitro groups is 1. The summed E-state index contributed by atoms with van der Waals surface area (Å²) >= 11 is 8.98. The summed E-state index contributed by atoms with van der Waals surface area (Å²) in [5, 5.41) is 11.2.